The number of carbonyl (C=O) groups excluding carboxylic acids is 1. The average molecular weight is 398 g/mol. The number of rotatable bonds is 5. The molecule has 10 nitrogen and oxygen atoms in total. The lowest BCUT2D eigenvalue weighted by atomic mass is 10.5. The molecule has 3 aromatic heterocycles. The van der Waals surface area contributed by atoms with Crippen molar-refractivity contribution in [1.82, 2.24) is 34.0 Å². The largest absolute Gasteiger partial charge is 0.346 e. The fourth-order valence-corrected chi connectivity index (χ4v) is 3.79. The van der Waals surface area contributed by atoms with Crippen LogP contribution in [0.2, 0.25) is 5.15 Å². The van der Waals surface area contributed by atoms with Crippen molar-refractivity contribution in [3.05, 3.63) is 35.6 Å². The molecule has 0 aromatic carbocycles. The van der Waals surface area contributed by atoms with Crippen molar-refractivity contribution in [1.29, 1.82) is 0 Å². The van der Waals surface area contributed by atoms with Crippen molar-refractivity contribution in [3.8, 4) is 0 Å². The van der Waals surface area contributed by atoms with Gasteiger partial charge >= 0.3 is 6.03 Å². The summed E-state index contributed by atoms with van der Waals surface area (Å²) < 4.78 is 27.6. The van der Waals surface area contributed by atoms with Crippen molar-refractivity contribution >= 4 is 33.2 Å². The molecule has 0 unspecified atom stereocenters. The van der Waals surface area contributed by atoms with Gasteiger partial charge in [-0.05, 0) is 19.9 Å². The number of hydrogen-bond acceptors (Lipinski definition) is 7. The molecule has 0 radical (unpaired) electrons. The van der Waals surface area contributed by atoms with E-state index in [1.807, 2.05) is 13.8 Å². The first-order valence-electron chi connectivity index (χ1n) is 7.78. The molecule has 0 aliphatic heterocycles. The van der Waals surface area contributed by atoms with Crippen LogP contribution in [0.25, 0.3) is 5.78 Å². The molecule has 0 N–H and O–H groups in total. The number of halogens is 1. The third-order valence-electron chi connectivity index (χ3n) is 3.72. The predicted molar refractivity (Wildman–Crippen MR) is 92.6 cm³/mol. The van der Waals surface area contributed by atoms with E-state index < -0.39 is 26.8 Å². The lowest BCUT2D eigenvalue weighted by Crippen LogP contribution is -2.34. The van der Waals surface area contributed by atoms with E-state index >= 15 is 0 Å². The fraction of sp³-hybridized carbons (Fsp3) is 0.357. The summed E-state index contributed by atoms with van der Waals surface area (Å²) in [5.41, 5.74) is 0.136. The highest BCUT2D eigenvalue weighted by Gasteiger charge is 2.26. The van der Waals surface area contributed by atoms with Crippen LogP contribution < -0.4 is 0 Å². The van der Waals surface area contributed by atoms with Crippen molar-refractivity contribution in [2.24, 2.45) is 0 Å². The maximum absolute atomic E-state index is 12.6. The van der Waals surface area contributed by atoms with E-state index in [-0.39, 0.29) is 16.6 Å². The Morgan fingerprint density at radius 1 is 1.27 bits per heavy atom. The van der Waals surface area contributed by atoms with Crippen molar-refractivity contribution in [3.63, 3.8) is 0 Å². The normalized spacial score (nSPS) is 11.8. The zero-order valence-electron chi connectivity index (χ0n) is 14.1. The Balaban J connectivity index is 1.89. The minimum Gasteiger partial charge on any atom is -0.323 e. The molecule has 0 aliphatic carbocycles. The molecule has 138 valence electrons. The van der Waals surface area contributed by atoms with Gasteiger partial charge in [-0.15, -0.1) is 5.10 Å². The Kier molecular flexibility index (Phi) is 4.92. The van der Waals surface area contributed by atoms with Gasteiger partial charge in [-0.1, -0.05) is 11.6 Å². The third-order valence-corrected chi connectivity index (χ3v) is 5.51. The molecule has 0 saturated carbocycles. The van der Waals surface area contributed by atoms with Gasteiger partial charge < -0.3 is 4.90 Å². The smallest absolute Gasteiger partial charge is 0.323 e. The maximum Gasteiger partial charge on any atom is 0.346 e. The van der Waals surface area contributed by atoms with Crippen LogP contribution in [0.3, 0.4) is 0 Å². The lowest BCUT2D eigenvalue weighted by molar-refractivity contribution is 0.201. The number of hydrogen-bond donors (Lipinski definition) is 0. The molecule has 3 heterocycles. The first-order chi connectivity index (χ1) is 12.4. The highest BCUT2D eigenvalue weighted by molar-refractivity contribution is 7.90. The standard InChI is InChI=1S/C14H16ClN7O3S/c1-3-20(4-2)14(23)22-9-17-13(19-22)26(24,25)8-10-11(15)21-7-5-6-16-12(21)18-10/h5-7,9H,3-4,8H2,1-2H3. The molecular formula is C14H16ClN7O3S. The molecule has 12 heteroatoms. The van der Waals surface area contributed by atoms with Crippen LogP contribution in [-0.2, 0) is 15.6 Å². The highest BCUT2D eigenvalue weighted by atomic mass is 35.5. The van der Waals surface area contributed by atoms with Gasteiger partial charge in [0, 0.05) is 25.5 Å². The summed E-state index contributed by atoms with van der Waals surface area (Å²) in [5.74, 6) is -0.212. The molecule has 3 rings (SSSR count). The maximum atomic E-state index is 12.6. The van der Waals surface area contributed by atoms with Crippen LogP contribution in [0, 0.1) is 0 Å². The minimum absolute atomic E-state index is 0.136. The van der Waals surface area contributed by atoms with E-state index in [4.69, 9.17) is 11.6 Å². The van der Waals surface area contributed by atoms with Crippen LogP contribution in [0.1, 0.15) is 19.5 Å². The Hall–Kier alpha value is -2.53. The highest BCUT2D eigenvalue weighted by Crippen LogP contribution is 2.21. The van der Waals surface area contributed by atoms with Crippen LogP contribution in [0.15, 0.2) is 29.9 Å². The number of imidazole rings is 1. The second kappa shape index (κ2) is 7.00. The number of fused-ring (bicyclic) bond motifs is 1. The van der Waals surface area contributed by atoms with E-state index in [9.17, 15) is 13.2 Å². The van der Waals surface area contributed by atoms with Crippen LogP contribution >= 0.6 is 11.6 Å². The predicted octanol–water partition coefficient (Wildman–Crippen LogP) is 1.26. The molecule has 1 amide bonds. The van der Waals surface area contributed by atoms with Crippen LogP contribution in [0.5, 0.6) is 0 Å². The number of nitrogens with zero attached hydrogens (tertiary/aromatic N) is 7. The topological polar surface area (TPSA) is 115 Å². The van der Waals surface area contributed by atoms with Gasteiger partial charge in [0.15, 0.2) is 0 Å². The lowest BCUT2D eigenvalue weighted by Gasteiger charge is -2.17. The Bertz CT molecular complexity index is 1060. The van der Waals surface area contributed by atoms with Gasteiger partial charge in [0.05, 0.1) is 5.69 Å². The zero-order chi connectivity index (χ0) is 18.9. The monoisotopic (exact) mass is 397 g/mol. The molecular weight excluding hydrogens is 382 g/mol. The van der Waals surface area contributed by atoms with E-state index in [0.29, 0.717) is 13.1 Å². The summed E-state index contributed by atoms with van der Waals surface area (Å²) in [4.78, 5) is 25.6. The number of carbonyl (C=O) groups is 1. The van der Waals surface area contributed by atoms with Crippen LogP contribution in [0.4, 0.5) is 4.79 Å². The quantitative estimate of drug-likeness (QED) is 0.636. The van der Waals surface area contributed by atoms with Gasteiger partial charge in [-0.3, -0.25) is 4.40 Å². The van der Waals surface area contributed by atoms with E-state index in [1.54, 1.807) is 12.3 Å². The first-order valence-corrected chi connectivity index (χ1v) is 9.81. The Morgan fingerprint density at radius 3 is 2.65 bits per heavy atom. The van der Waals surface area contributed by atoms with E-state index in [2.05, 4.69) is 20.1 Å². The molecule has 0 saturated heterocycles. The van der Waals surface area contributed by atoms with Gasteiger partial charge in [-0.25, -0.2) is 28.2 Å². The summed E-state index contributed by atoms with van der Waals surface area (Å²) in [5, 5.41) is 3.50. The second-order valence-corrected chi connectivity index (χ2v) is 7.57. The van der Waals surface area contributed by atoms with Crippen molar-refractivity contribution in [2.75, 3.05) is 13.1 Å². The summed E-state index contributed by atoms with van der Waals surface area (Å²) in [6.45, 7) is 4.58. The third kappa shape index (κ3) is 3.27. The van der Waals surface area contributed by atoms with Gasteiger partial charge in [0.2, 0.25) is 15.6 Å². The summed E-state index contributed by atoms with van der Waals surface area (Å²) in [6.07, 6.45) is 4.24. The van der Waals surface area contributed by atoms with Crippen LogP contribution in [-0.4, -0.2) is 61.6 Å². The minimum atomic E-state index is -3.94. The van der Waals surface area contributed by atoms with E-state index in [1.165, 1.54) is 15.5 Å². The van der Waals surface area contributed by atoms with E-state index in [0.717, 1.165) is 11.0 Å². The zero-order valence-corrected chi connectivity index (χ0v) is 15.6. The molecule has 0 spiro atoms. The molecule has 0 bridgehead atoms. The number of amides is 1. The molecule has 0 fully saturated rings. The number of aromatic nitrogens is 6. The fourth-order valence-electron chi connectivity index (χ4n) is 2.36. The first kappa shape index (κ1) is 18.3. The molecule has 3 aromatic rings. The molecule has 26 heavy (non-hydrogen) atoms. The molecule has 0 aliphatic rings. The van der Waals surface area contributed by atoms with Crippen molar-refractivity contribution < 1.29 is 13.2 Å². The van der Waals surface area contributed by atoms with Gasteiger partial charge in [0.25, 0.3) is 5.16 Å². The Morgan fingerprint density at radius 2 is 2.00 bits per heavy atom. The van der Waals surface area contributed by atoms with Crippen molar-refractivity contribution in [2.45, 2.75) is 24.8 Å². The Labute approximate surface area is 154 Å². The summed E-state index contributed by atoms with van der Waals surface area (Å²) >= 11 is 6.17. The summed E-state index contributed by atoms with van der Waals surface area (Å²) in [6, 6.07) is 1.21. The summed E-state index contributed by atoms with van der Waals surface area (Å²) in [7, 11) is -3.94. The second-order valence-electron chi connectivity index (χ2n) is 5.32. The average Bonchev–Trinajstić information content (AvgIpc) is 3.23. The molecule has 0 atom stereocenters. The SMILES string of the molecule is CCN(CC)C(=O)n1cnc(S(=O)(=O)Cc2nc3ncccn3c2Cl)n1. The van der Waals surface area contributed by atoms with Gasteiger partial charge in [-0.2, -0.15) is 4.68 Å². The van der Waals surface area contributed by atoms with Gasteiger partial charge in [0.1, 0.15) is 17.2 Å². The number of sulfone groups is 1.